The van der Waals surface area contributed by atoms with Gasteiger partial charge in [0, 0.05) is 6.10 Å². The highest BCUT2D eigenvalue weighted by Gasteiger charge is 2.16. The standard InChI is InChI=1S/C5H11BNO/c1-4-3-7-6-8-5(4)2/h4-5,7H,3H2,1-2H3. The Morgan fingerprint density at radius 1 is 1.62 bits per heavy atom. The van der Waals surface area contributed by atoms with E-state index in [9.17, 15) is 0 Å². The summed E-state index contributed by atoms with van der Waals surface area (Å²) < 4.78 is 5.15. The van der Waals surface area contributed by atoms with Gasteiger partial charge in [-0.15, -0.1) is 0 Å². The number of hydrogen-bond donors (Lipinski definition) is 1. The topological polar surface area (TPSA) is 21.3 Å². The molecule has 0 aliphatic carbocycles. The highest BCUT2D eigenvalue weighted by atomic mass is 16.4. The minimum atomic E-state index is 0.385. The molecule has 1 fully saturated rings. The van der Waals surface area contributed by atoms with E-state index in [0.717, 1.165) is 6.54 Å². The van der Waals surface area contributed by atoms with Crippen LogP contribution in [-0.2, 0) is 4.65 Å². The fourth-order valence-corrected chi connectivity index (χ4v) is 0.690. The lowest BCUT2D eigenvalue weighted by Gasteiger charge is -2.25. The molecule has 3 heteroatoms. The predicted molar refractivity (Wildman–Crippen MR) is 33.5 cm³/mol. The highest BCUT2D eigenvalue weighted by Crippen LogP contribution is 2.06. The van der Waals surface area contributed by atoms with E-state index in [2.05, 4.69) is 19.1 Å². The molecule has 1 radical (unpaired) electrons. The Morgan fingerprint density at radius 2 is 2.38 bits per heavy atom. The summed E-state index contributed by atoms with van der Waals surface area (Å²) in [5.41, 5.74) is 0. The molecule has 8 heavy (non-hydrogen) atoms. The molecule has 2 unspecified atom stereocenters. The Balaban J connectivity index is 2.28. The second kappa shape index (κ2) is 2.51. The summed E-state index contributed by atoms with van der Waals surface area (Å²) in [5, 5.41) is 3.02. The van der Waals surface area contributed by atoms with Crippen LogP contribution in [0.4, 0.5) is 0 Å². The molecule has 0 aromatic heterocycles. The summed E-state index contributed by atoms with van der Waals surface area (Å²) in [6, 6.07) is 0. The van der Waals surface area contributed by atoms with E-state index in [0.29, 0.717) is 12.0 Å². The third-order valence-corrected chi connectivity index (χ3v) is 1.61. The highest BCUT2D eigenvalue weighted by molar-refractivity contribution is 6.23. The lowest BCUT2D eigenvalue weighted by atomic mass is 10.0. The summed E-state index contributed by atoms with van der Waals surface area (Å²) >= 11 is 0. The van der Waals surface area contributed by atoms with Crippen LogP contribution in [0.15, 0.2) is 0 Å². The number of nitrogens with one attached hydrogen (secondary N) is 1. The fraction of sp³-hybridized carbons (Fsp3) is 1.00. The van der Waals surface area contributed by atoms with Gasteiger partial charge >= 0.3 is 7.62 Å². The van der Waals surface area contributed by atoms with Crippen LogP contribution < -0.4 is 5.23 Å². The van der Waals surface area contributed by atoms with Crippen LogP contribution in [0.25, 0.3) is 0 Å². The molecule has 1 N–H and O–H groups in total. The zero-order valence-electron chi connectivity index (χ0n) is 5.35. The molecule has 0 amide bonds. The first-order valence-corrected chi connectivity index (χ1v) is 3.01. The molecular formula is C5H11BNO. The second-order valence-corrected chi connectivity index (χ2v) is 2.34. The molecule has 0 aromatic carbocycles. The van der Waals surface area contributed by atoms with Crippen molar-refractivity contribution in [3.8, 4) is 0 Å². The van der Waals surface area contributed by atoms with Gasteiger partial charge < -0.3 is 9.88 Å². The van der Waals surface area contributed by atoms with Gasteiger partial charge in [-0.3, -0.25) is 0 Å². The van der Waals surface area contributed by atoms with Gasteiger partial charge in [-0.1, -0.05) is 6.92 Å². The molecule has 2 nitrogen and oxygen atoms in total. The predicted octanol–water partition coefficient (Wildman–Crippen LogP) is 0.165. The molecule has 1 heterocycles. The summed E-state index contributed by atoms with van der Waals surface area (Å²) in [7, 11) is 1.67. The average molecular weight is 112 g/mol. The minimum absolute atomic E-state index is 0.385. The van der Waals surface area contributed by atoms with Gasteiger partial charge in [0.25, 0.3) is 0 Å². The summed E-state index contributed by atoms with van der Waals surface area (Å²) in [5.74, 6) is 0.639. The third-order valence-electron chi connectivity index (χ3n) is 1.61. The van der Waals surface area contributed by atoms with Crippen molar-refractivity contribution in [3.63, 3.8) is 0 Å². The number of rotatable bonds is 0. The molecule has 0 bridgehead atoms. The van der Waals surface area contributed by atoms with E-state index in [1.54, 1.807) is 7.62 Å². The SMILES string of the molecule is CC1CN[B]OC1C. The van der Waals surface area contributed by atoms with Gasteiger partial charge in [0.1, 0.15) is 0 Å². The first-order valence-electron chi connectivity index (χ1n) is 3.01. The monoisotopic (exact) mass is 112 g/mol. The van der Waals surface area contributed by atoms with E-state index in [4.69, 9.17) is 4.65 Å². The average Bonchev–Trinajstić information content (AvgIpc) is 1.77. The molecule has 45 valence electrons. The van der Waals surface area contributed by atoms with Crippen LogP contribution in [0.1, 0.15) is 13.8 Å². The van der Waals surface area contributed by atoms with Crippen LogP contribution >= 0.6 is 0 Å². The Kier molecular flexibility index (Phi) is 1.92. The fourth-order valence-electron chi connectivity index (χ4n) is 0.690. The van der Waals surface area contributed by atoms with Crippen molar-refractivity contribution >= 4 is 7.62 Å². The van der Waals surface area contributed by atoms with Crippen molar-refractivity contribution in [2.24, 2.45) is 5.92 Å². The lowest BCUT2D eigenvalue weighted by molar-refractivity contribution is 0.144. The number of hydrogen-bond acceptors (Lipinski definition) is 2. The van der Waals surface area contributed by atoms with E-state index in [1.165, 1.54) is 0 Å². The van der Waals surface area contributed by atoms with Crippen LogP contribution in [-0.4, -0.2) is 20.3 Å². The molecule has 2 atom stereocenters. The summed E-state index contributed by atoms with van der Waals surface area (Å²) in [6.45, 7) is 5.30. The summed E-state index contributed by atoms with van der Waals surface area (Å²) in [6.07, 6.45) is 0.385. The first-order chi connectivity index (χ1) is 3.80. The smallest absolute Gasteiger partial charge is 0.396 e. The molecule has 1 saturated heterocycles. The van der Waals surface area contributed by atoms with Crippen LogP contribution in [0, 0.1) is 5.92 Å². The van der Waals surface area contributed by atoms with Gasteiger partial charge in [0.15, 0.2) is 0 Å². The normalized spacial score (nSPS) is 38.8. The Hall–Kier alpha value is -0.0151. The molecule has 1 aliphatic heterocycles. The van der Waals surface area contributed by atoms with Gasteiger partial charge in [-0.05, 0) is 19.4 Å². The molecule has 0 aromatic rings. The maximum Gasteiger partial charge on any atom is 0.396 e. The zero-order chi connectivity index (χ0) is 5.98. The van der Waals surface area contributed by atoms with Crippen molar-refractivity contribution in [1.82, 2.24) is 5.23 Å². The van der Waals surface area contributed by atoms with Crippen molar-refractivity contribution in [2.75, 3.05) is 6.54 Å². The molecule has 1 rings (SSSR count). The maximum absolute atomic E-state index is 5.15. The van der Waals surface area contributed by atoms with Crippen LogP contribution in [0.3, 0.4) is 0 Å². The van der Waals surface area contributed by atoms with E-state index < -0.39 is 0 Å². The van der Waals surface area contributed by atoms with E-state index in [1.807, 2.05) is 0 Å². The van der Waals surface area contributed by atoms with Crippen molar-refractivity contribution in [1.29, 1.82) is 0 Å². The zero-order valence-corrected chi connectivity index (χ0v) is 5.35. The van der Waals surface area contributed by atoms with Gasteiger partial charge in [-0.25, -0.2) is 0 Å². The van der Waals surface area contributed by atoms with E-state index >= 15 is 0 Å². The summed E-state index contributed by atoms with van der Waals surface area (Å²) in [4.78, 5) is 0. The quantitative estimate of drug-likeness (QED) is 0.451. The van der Waals surface area contributed by atoms with E-state index in [-0.39, 0.29) is 0 Å². The van der Waals surface area contributed by atoms with Crippen LogP contribution in [0.2, 0.25) is 0 Å². The minimum Gasteiger partial charge on any atom is -0.421 e. The Labute approximate surface area is 50.9 Å². The van der Waals surface area contributed by atoms with Crippen molar-refractivity contribution in [2.45, 2.75) is 20.0 Å². The van der Waals surface area contributed by atoms with Crippen LogP contribution in [0.5, 0.6) is 0 Å². The van der Waals surface area contributed by atoms with Gasteiger partial charge in [0.2, 0.25) is 0 Å². The molecule has 0 spiro atoms. The first kappa shape index (κ1) is 6.11. The third kappa shape index (κ3) is 1.23. The molecule has 1 aliphatic rings. The van der Waals surface area contributed by atoms with Crippen molar-refractivity contribution < 1.29 is 4.65 Å². The Bertz CT molecular complexity index is 68.8. The van der Waals surface area contributed by atoms with Gasteiger partial charge in [-0.2, -0.15) is 0 Å². The van der Waals surface area contributed by atoms with Gasteiger partial charge in [0.05, 0.1) is 0 Å². The Morgan fingerprint density at radius 3 is 2.75 bits per heavy atom. The molecular weight excluding hydrogens is 101 g/mol. The van der Waals surface area contributed by atoms with Crippen molar-refractivity contribution in [3.05, 3.63) is 0 Å². The largest absolute Gasteiger partial charge is 0.421 e. The second-order valence-electron chi connectivity index (χ2n) is 2.34. The maximum atomic E-state index is 5.15. The lowest BCUT2D eigenvalue weighted by Crippen LogP contribution is -2.41. The molecule has 0 saturated carbocycles.